The first-order valence-corrected chi connectivity index (χ1v) is 23.4. The maximum Gasteiger partial charge on any atom is 0.333 e. The van der Waals surface area contributed by atoms with Gasteiger partial charge in [0.2, 0.25) is 0 Å². The summed E-state index contributed by atoms with van der Waals surface area (Å²) in [7, 11) is 0. The van der Waals surface area contributed by atoms with Crippen LogP contribution in [0.4, 0.5) is 11.4 Å². The van der Waals surface area contributed by atoms with Gasteiger partial charge in [-0.25, -0.2) is 0 Å². The van der Waals surface area contributed by atoms with Crippen molar-refractivity contribution in [1.29, 1.82) is 0 Å². The van der Waals surface area contributed by atoms with Crippen LogP contribution in [0.25, 0.3) is 101 Å². The van der Waals surface area contributed by atoms with E-state index in [-0.39, 0.29) is 17.7 Å². The molecule has 296 valence electrons. The predicted octanol–water partition coefficient (Wildman–Crippen LogP) is 15.3. The van der Waals surface area contributed by atoms with Gasteiger partial charge in [0.05, 0.1) is 26.8 Å². The second-order valence-electron chi connectivity index (χ2n) is 19.6. The van der Waals surface area contributed by atoms with Crippen LogP contribution >= 0.6 is 22.7 Å². The second-order valence-corrected chi connectivity index (χ2v) is 21.8. The maximum atomic E-state index is 6.99. The van der Waals surface area contributed by atoms with Crippen molar-refractivity contribution in [3.05, 3.63) is 151 Å². The van der Waals surface area contributed by atoms with Crippen molar-refractivity contribution in [1.82, 2.24) is 4.57 Å². The minimum absolute atomic E-state index is 0.00515. The summed E-state index contributed by atoms with van der Waals surface area (Å²) < 4.78 is 14.9. The van der Waals surface area contributed by atoms with Gasteiger partial charge in [0.25, 0.3) is 0 Å². The van der Waals surface area contributed by atoms with Gasteiger partial charge < -0.3 is 13.8 Å². The molecule has 2 aliphatic heterocycles. The van der Waals surface area contributed by atoms with Crippen molar-refractivity contribution in [3.63, 3.8) is 0 Å². The molecule has 14 rings (SSSR count). The zero-order valence-corrected chi connectivity index (χ0v) is 37.1. The smallest absolute Gasteiger partial charge is 0.333 e. The fraction of sp³-hybridized carbons (Fsp3) is 0.143. The van der Waals surface area contributed by atoms with Gasteiger partial charge in [-0.05, 0) is 93.0 Å². The highest BCUT2D eigenvalue weighted by molar-refractivity contribution is 7.27. The molecule has 0 saturated heterocycles. The predicted molar refractivity (Wildman–Crippen MR) is 270 cm³/mol. The summed E-state index contributed by atoms with van der Waals surface area (Å²) in [6.45, 7) is 14.0. The largest absolute Gasteiger partial charge is 0.456 e. The van der Waals surface area contributed by atoms with E-state index in [2.05, 4.69) is 190 Å². The zero-order chi connectivity index (χ0) is 41.6. The molecule has 62 heavy (non-hydrogen) atoms. The molecule has 4 aromatic heterocycles. The van der Waals surface area contributed by atoms with E-state index in [9.17, 15) is 0 Å². The summed E-state index contributed by atoms with van der Waals surface area (Å²) in [4.78, 5) is 2.75. The van der Waals surface area contributed by atoms with Gasteiger partial charge in [0.1, 0.15) is 11.2 Å². The molecule has 0 aliphatic carbocycles. The van der Waals surface area contributed by atoms with Gasteiger partial charge in [0, 0.05) is 68.7 Å². The highest BCUT2D eigenvalue weighted by Crippen LogP contribution is 2.54. The van der Waals surface area contributed by atoms with E-state index in [1.54, 1.807) is 0 Å². The van der Waals surface area contributed by atoms with Crippen molar-refractivity contribution in [2.75, 3.05) is 4.81 Å². The number of anilines is 2. The summed E-state index contributed by atoms with van der Waals surface area (Å²) in [5.74, 6) is 0. The summed E-state index contributed by atoms with van der Waals surface area (Å²) in [6, 6.07) is 53.1. The lowest BCUT2D eigenvalue weighted by atomic mass is 9.43. The fourth-order valence-electron chi connectivity index (χ4n) is 11.1. The lowest BCUT2D eigenvalue weighted by Crippen LogP contribution is -2.60. The number of hydrogen-bond acceptors (Lipinski definition) is 4. The Kier molecular flexibility index (Phi) is 6.70. The monoisotopic (exact) mass is 832 g/mol. The highest BCUT2D eigenvalue weighted by atomic mass is 32.1. The molecule has 0 spiro atoms. The minimum atomic E-state index is -0.128. The third-order valence-electron chi connectivity index (χ3n) is 14.0. The molecular weight excluding hydrogens is 792 g/mol. The van der Waals surface area contributed by atoms with Crippen LogP contribution in [0.15, 0.2) is 144 Å². The SMILES string of the molecule is CC(C)(C)c1ccc2c(c1)c1cc(C(C)(C)C)cc3c1n2-c1c2c(cc4oc5ccccc5c14)-c1c(ccc4c1sc1ccccc14)N(c1cccc4c1sc1ccccc14)B23. The molecule has 0 unspecified atom stereocenters. The number of rotatable bonds is 1. The van der Waals surface area contributed by atoms with Crippen LogP contribution in [0, 0.1) is 0 Å². The van der Waals surface area contributed by atoms with Crippen molar-refractivity contribution in [2.24, 2.45) is 0 Å². The Hall–Kier alpha value is -6.34. The average Bonchev–Trinajstić information content (AvgIpc) is 4.03. The van der Waals surface area contributed by atoms with Crippen LogP contribution in [0.3, 0.4) is 0 Å². The molecule has 0 N–H and O–H groups in total. The number of benzene rings is 8. The molecule has 0 radical (unpaired) electrons. The van der Waals surface area contributed by atoms with Crippen LogP contribution in [0.2, 0.25) is 0 Å². The van der Waals surface area contributed by atoms with Gasteiger partial charge in [-0.2, -0.15) is 0 Å². The molecule has 6 heterocycles. The van der Waals surface area contributed by atoms with Crippen LogP contribution in [-0.2, 0) is 10.8 Å². The van der Waals surface area contributed by atoms with Gasteiger partial charge in [-0.15, -0.1) is 22.7 Å². The van der Waals surface area contributed by atoms with Gasteiger partial charge in [0.15, 0.2) is 0 Å². The Morgan fingerprint density at radius 1 is 0.516 bits per heavy atom. The molecule has 6 heteroatoms. The van der Waals surface area contributed by atoms with E-state index in [1.165, 1.54) is 118 Å². The number of aromatic nitrogens is 1. The van der Waals surface area contributed by atoms with Crippen molar-refractivity contribution >= 4 is 136 Å². The standard InChI is InChI=1S/C56H41BN2OS2/c1-55(2,3)30-22-24-41-37(26-30)38-27-31(56(4,5)6)28-40-51(38)58(41)52-49-36-16-7-10-19-44(36)60-45(49)29-39-48-42(25-23-35-33-15-9-12-21-47(33)62-54(35)48)59(57(40)50(39)52)43-18-13-17-34-32-14-8-11-20-46(32)61-53(34)43/h7-29H,1-6H3. The molecule has 12 aromatic rings. The average molecular weight is 833 g/mol. The normalized spacial score (nSPS) is 13.9. The third-order valence-corrected chi connectivity index (χ3v) is 16.5. The molecule has 2 aliphatic rings. The molecule has 0 atom stereocenters. The van der Waals surface area contributed by atoms with E-state index in [0.717, 1.165) is 16.6 Å². The summed E-state index contributed by atoms with van der Waals surface area (Å²) in [6.07, 6.45) is 0. The Morgan fingerprint density at radius 3 is 1.94 bits per heavy atom. The van der Waals surface area contributed by atoms with Crippen LogP contribution in [-0.4, -0.2) is 11.4 Å². The zero-order valence-electron chi connectivity index (χ0n) is 35.5. The number of hydrogen-bond donors (Lipinski definition) is 0. The van der Waals surface area contributed by atoms with E-state index < -0.39 is 0 Å². The van der Waals surface area contributed by atoms with Crippen LogP contribution in [0.5, 0.6) is 0 Å². The van der Waals surface area contributed by atoms with E-state index in [0.29, 0.717) is 0 Å². The number of nitrogens with zero attached hydrogens (tertiary/aromatic N) is 2. The summed E-state index contributed by atoms with van der Waals surface area (Å²) >= 11 is 3.84. The van der Waals surface area contributed by atoms with Gasteiger partial charge >= 0.3 is 6.85 Å². The Balaban J connectivity index is 1.25. The number of thiophene rings is 2. The minimum Gasteiger partial charge on any atom is -0.456 e. The Bertz CT molecular complexity index is 3980. The maximum absolute atomic E-state index is 6.99. The number of para-hydroxylation sites is 1. The summed E-state index contributed by atoms with van der Waals surface area (Å²) in [5, 5.41) is 10.2. The van der Waals surface area contributed by atoms with E-state index in [4.69, 9.17) is 4.42 Å². The molecule has 0 fully saturated rings. The first kappa shape index (κ1) is 35.3. The molecule has 3 nitrogen and oxygen atoms in total. The van der Waals surface area contributed by atoms with E-state index >= 15 is 0 Å². The van der Waals surface area contributed by atoms with Crippen molar-refractivity contribution in [3.8, 4) is 16.8 Å². The second kappa shape index (κ2) is 11.8. The number of fused-ring (bicyclic) bond motifs is 18. The quantitative estimate of drug-likeness (QED) is 0.154. The molecule has 0 saturated carbocycles. The molecular formula is C56H41BN2OS2. The molecule has 0 amide bonds. The van der Waals surface area contributed by atoms with E-state index in [1.807, 2.05) is 22.7 Å². The van der Waals surface area contributed by atoms with Crippen molar-refractivity contribution in [2.45, 2.75) is 52.4 Å². The lowest BCUT2D eigenvalue weighted by Gasteiger charge is -2.43. The van der Waals surface area contributed by atoms with Crippen molar-refractivity contribution < 1.29 is 4.42 Å². The first-order chi connectivity index (χ1) is 30.0. The number of furan rings is 1. The third kappa shape index (κ3) is 4.46. The first-order valence-electron chi connectivity index (χ1n) is 21.8. The van der Waals surface area contributed by atoms with Gasteiger partial charge in [-0.3, -0.25) is 0 Å². The topological polar surface area (TPSA) is 21.3 Å². The Labute approximate surface area is 367 Å². The van der Waals surface area contributed by atoms with Gasteiger partial charge in [-0.1, -0.05) is 126 Å². The summed E-state index contributed by atoms with van der Waals surface area (Å²) in [5.41, 5.74) is 16.0. The Morgan fingerprint density at radius 2 is 1.18 bits per heavy atom. The molecule has 0 bridgehead atoms. The highest BCUT2D eigenvalue weighted by Gasteiger charge is 2.47. The van der Waals surface area contributed by atoms with Crippen LogP contribution < -0.4 is 15.7 Å². The fourth-order valence-corrected chi connectivity index (χ4v) is 13.6. The molecule has 8 aromatic carbocycles. The lowest BCUT2D eigenvalue weighted by molar-refractivity contribution is 0.590. The van der Waals surface area contributed by atoms with Crippen LogP contribution in [0.1, 0.15) is 52.7 Å².